The van der Waals surface area contributed by atoms with Gasteiger partial charge in [0.05, 0.1) is 0 Å². The zero-order valence-electron chi connectivity index (χ0n) is 9.60. The standard InChI is InChI=1S/C10H16BrNO2S2/c1-8(2)12(7-6-11)16(13,14)10-5-4-9(3)15-10/h4-5,8H,6-7H2,1-3H3. The zero-order chi connectivity index (χ0) is 12.3. The fourth-order valence-electron chi connectivity index (χ4n) is 1.41. The molecule has 0 saturated heterocycles. The molecule has 3 nitrogen and oxygen atoms in total. The highest BCUT2D eigenvalue weighted by Gasteiger charge is 2.27. The summed E-state index contributed by atoms with van der Waals surface area (Å²) >= 11 is 4.61. The molecule has 0 unspecified atom stereocenters. The summed E-state index contributed by atoms with van der Waals surface area (Å²) in [5.74, 6) is 0. The first kappa shape index (κ1) is 14.2. The molecule has 6 heteroatoms. The second-order valence-corrected chi connectivity index (χ2v) is 7.96. The van der Waals surface area contributed by atoms with Crippen LogP contribution in [0.3, 0.4) is 0 Å². The Balaban J connectivity index is 3.08. The highest BCUT2D eigenvalue weighted by Crippen LogP contribution is 2.25. The lowest BCUT2D eigenvalue weighted by atomic mass is 10.4. The fourth-order valence-corrected chi connectivity index (χ4v) is 5.07. The second-order valence-electron chi connectivity index (χ2n) is 3.76. The van der Waals surface area contributed by atoms with Gasteiger partial charge in [-0.3, -0.25) is 0 Å². The minimum Gasteiger partial charge on any atom is -0.206 e. The number of sulfonamides is 1. The van der Waals surface area contributed by atoms with Gasteiger partial charge < -0.3 is 0 Å². The van der Waals surface area contributed by atoms with Gasteiger partial charge in [-0.05, 0) is 32.9 Å². The van der Waals surface area contributed by atoms with Crippen LogP contribution in [0.2, 0.25) is 0 Å². The van der Waals surface area contributed by atoms with E-state index in [0.29, 0.717) is 16.1 Å². The van der Waals surface area contributed by atoms with Crippen molar-refractivity contribution in [3.8, 4) is 0 Å². The maximum atomic E-state index is 12.3. The second kappa shape index (κ2) is 5.62. The van der Waals surface area contributed by atoms with E-state index in [1.807, 2.05) is 26.8 Å². The Morgan fingerprint density at radius 1 is 1.44 bits per heavy atom. The van der Waals surface area contributed by atoms with E-state index >= 15 is 0 Å². The number of rotatable bonds is 5. The number of hydrogen-bond donors (Lipinski definition) is 0. The third-order valence-corrected chi connectivity index (χ3v) is 6.06. The van der Waals surface area contributed by atoms with Crippen molar-refractivity contribution >= 4 is 37.3 Å². The zero-order valence-corrected chi connectivity index (χ0v) is 12.8. The molecule has 0 radical (unpaired) electrons. The lowest BCUT2D eigenvalue weighted by molar-refractivity contribution is 0.373. The molecule has 0 atom stereocenters. The summed E-state index contributed by atoms with van der Waals surface area (Å²) in [5.41, 5.74) is 0. The minimum atomic E-state index is -3.32. The fraction of sp³-hybridized carbons (Fsp3) is 0.600. The molecule has 0 fully saturated rings. The Hall–Kier alpha value is 0.0900. The van der Waals surface area contributed by atoms with Crippen LogP contribution < -0.4 is 0 Å². The van der Waals surface area contributed by atoms with Gasteiger partial charge in [0.25, 0.3) is 10.0 Å². The summed E-state index contributed by atoms with van der Waals surface area (Å²) in [7, 11) is -3.32. The van der Waals surface area contributed by atoms with Gasteiger partial charge in [-0.2, -0.15) is 4.31 Å². The van der Waals surface area contributed by atoms with Gasteiger partial charge in [-0.15, -0.1) is 11.3 Å². The monoisotopic (exact) mass is 325 g/mol. The van der Waals surface area contributed by atoms with E-state index in [1.54, 1.807) is 6.07 Å². The van der Waals surface area contributed by atoms with Crippen LogP contribution in [0, 0.1) is 6.92 Å². The smallest absolute Gasteiger partial charge is 0.206 e. The topological polar surface area (TPSA) is 37.4 Å². The third-order valence-electron chi connectivity index (χ3n) is 2.16. The van der Waals surface area contributed by atoms with Crippen LogP contribution in [-0.4, -0.2) is 30.6 Å². The Labute approximate surface area is 110 Å². The van der Waals surface area contributed by atoms with Crippen LogP contribution in [0.15, 0.2) is 16.3 Å². The van der Waals surface area contributed by atoms with Gasteiger partial charge in [0, 0.05) is 22.8 Å². The molecule has 1 aromatic heterocycles. The molecule has 92 valence electrons. The summed E-state index contributed by atoms with van der Waals surface area (Å²) in [5, 5.41) is 0.648. The first-order valence-electron chi connectivity index (χ1n) is 5.04. The molecule has 0 aromatic carbocycles. The molecule has 0 amide bonds. The van der Waals surface area contributed by atoms with E-state index in [9.17, 15) is 8.42 Å². The number of hydrogen-bond acceptors (Lipinski definition) is 3. The quantitative estimate of drug-likeness (QED) is 0.780. The molecule has 0 aliphatic rings. The summed E-state index contributed by atoms with van der Waals surface area (Å²) < 4.78 is 26.5. The normalized spacial score (nSPS) is 12.6. The Bertz CT molecular complexity index is 439. The maximum Gasteiger partial charge on any atom is 0.252 e. The van der Waals surface area contributed by atoms with Crippen LogP contribution in [0.25, 0.3) is 0 Å². The Morgan fingerprint density at radius 2 is 2.06 bits per heavy atom. The first-order chi connectivity index (χ1) is 7.39. The number of nitrogens with zero attached hydrogens (tertiary/aromatic N) is 1. The lowest BCUT2D eigenvalue weighted by Gasteiger charge is -2.24. The largest absolute Gasteiger partial charge is 0.252 e. The van der Waals surface area contributed by atoms with Gasteiger partial charge in [-0.1, -0.05) is 15.9 Å². The molecular formula is C10H16BrNO2S2. The van der Waals surface area contributed by atoms with Crippen LogP contribution in [0.5, 0.6) is 0 Å². The van der Waals surface area contributed by atoms with Gasteiger partial charge >= 0.3 is 0 Å². The van der Waals surface area contributed by atoms with Gasteiger partial charge in [0.1, 0.15) is 4.21 Å². The van der Waals surface area contributed by atoms with Gasteiger partial charge in [-0.25, -0.2) is 8.42 Å². The summed E-state index contributed by atoms with van der Waals surface area (Å²) in [6.07, 6.45) is 0. The van der Waals surface area contributed by atoms with E-state index in [2.05, 4.69) is 15.9 Å². The minimum absolute atomic E-state index is 0.0232. The molecule has 0 N–H and O–H groups in total. The molecule has 1 aromatic rings. The molecule has 0 bridgehead atoms. The Kier molecular flexibility index (Phi) is 4.97. The molecule has 0 aliphatic heterocycles. The van der Waals surface area contributed by atoms with Crippen molar-refractivity contribution in [2.75, 3.05) is 11.9 Å². The molecule has 16 heavy (non-hydrogen) atoms. The van der Waals surface area contributed by atoms with E-state index in [1.165, 1.54) is 15.6 Å². The summed E-state index contributed by atoms with van der Waals surface area (Å²) in [6.45, 7) is 6.19. The molecule has 0 spiro atoms. The van der Waals surface area contributed by atoms with Gasteiger partial charge in [0.15, 0.2) is 0 Å². The first-order valence-corrected chi connectivity index (χ1v) is 8.41. The summed E-state index contributed by atoms with van der Waals surface area (Å²) in [4.78, 5) is 1.01. The number of halogens is 1. The number of aryl methyl sites for hydroxylation is 1. The van der Waals surface area contributed by atoms with Crippen molar-refractivity contribution in [1.29, 1.82) is 0 Å². The SMILES string of the molecule is Cc1ccc(S(=O)(=O)N(CCBr)C(C)C)s1. The predicted molar refractivity (Wildman–Crippen MR) is 71.9 cm³/mol. The van der Waals surface area contributed by atoms with E-state index in [-0.39, 0.29) is 6.04 Å². The summed E-state index contributed by atoms with van der Waals surface area (Å²) in [6, 6.07) is 3.49. The van der Waals surface area contributed by atoms with Crippen LogP contribution >= 0.6 is 27.3 Å². The average molecular weight is 326 g/mol. The number of thiophene rings is 1. The van der Waals surface area contributed by atoms with Crippen LogP contribution in [0.1, 0.15) is 18.7 Å². The average Bonchev–Trinajstić information content (AvgIpc) is 2.61. The highest BCUT2D eigenvalue weighted by atomic mass is 79.9. The molecule has 1 heterocycles. The van der Waals surface area contributed by atoms with E-state index < -0.39 is 10.0 Å². The predicted octanol–water partition coefficient (Wildman–Crippen LogP) is 2.85. The highest BCUT2D eigenvalue weighted by molar-refractivity contribution is 9.09. The third kappa shape index (κ3) is 3.06. The van der Waals surface area contributed by atoms with Gasteiger partial charge in [0.2, 0.25) is 0 Å². The van der Waals surface area contributed by atoms with Crippen molar-refractivity contribution in [3.05, 3.63) is 17.0 Å². The van der Waals surface area contributed by atoms with E-state index in [0.717, 1.165) is 4.88 Å². The number of alkyl halides is 1. The lowest BCUT2D eigenvalue weighted by Crippen LogP contribution is -2.37. The Morgan fingerprint density at radius 3 is 2.44 bits per heavy atom. The van der Waals surface area contributed by atoms with Crippen molar-refractivity contribution < 1.29 is 8.42 Å². The van der Waals surface area contributed by atoms with E-state index in [4.69, 9.17) is 0 Å². The van der Waals surface area contributed by atoms with Crippen molar-refractivity contribution in [1.82, 2.24) is 4.31 Å². The molecule has 0 saturated carbocycles. The molecule has 1 rings (SSSR count). The molecular weight excluding hydrogens is 310 g/mol. The van der Waals surface area contributed by atoms with Crippen LogP contribution in [0.4, 0.5) is 0 Å². The maximum absolute atomic E-state index is 12.3. The van der Waals surface area contributed by atoms with Crippen molar-refractivity contribution in [3.63, 3.8) is 0 Å². The van der Waals surface area contributed by atoms with Crippen LogP contribution in [-0.2, 0) is 10.0 Å². The van der Waals surface area contributed by atoms with Crippen molar-refractivity contribution in [2.45, 2.75) is 31.0 Å². The molecule has 0 aliphatic carbocycles. The van der Waals surface area contributed by atoms with Crippen molar-refractivity contribution in [2.24, 2.45) is 0 Å².